The summed E-state index contributed by atoms with van der Waals surface area (Å²) in [5, 5.41) is 0.749. The summed E-state index contributed by atoms with van der Waals surface area (Å²) in [5.41, 5.74) is 15.3. The molecule has 0 fully saturated rings. The summed E-state index contributed by atoms with van der Waals surface area (Å²) in [6.45, 7) is 0. The van der Waals surface area contributed by atoms with Crippen LogP contribution >= 0.6 is 11.6 Å². The van der Waals surface area contributed by atoms with E-state index in [4.69, 9.17) is 11.6 Å². The van der Waals surface area contributed by atoms with Gasteiger partial charge in [-0.25, -0.2) is 0 Å². The Morgan fingerprint density at radius 2 is 0.868 bits per heavy atom. The second kappa shape index (κ2) is 9.49. The Bertz CT molecular complexity index is 1770. The molecule has 0 saturated carbocycles. The van der Waals surface area contributed by atoms with Crippen molar-refractivity contribution in [3.8, 4) is 55.6 Å². The molecule has 0 amide bonds. The molecule has 1 aliphatic carbocycles. The number of fused-ring (bicyclic) bond motifs is 3. The van der Waals surface area contributed by atoms with E-state index in [1.54, 1.807) is 0 Å². The Balaban J connectivity index is 1.75. The number of rotatable bonds is 4. The Morgan fingerprint density at radius 1 is 0.395 bits per heavy atom. The van der Waals surface area contributed by atoms with Gasteiger partial charge in [-0.3, -0.25) is 0 Å². The Labute approximate surface area is 228 Å². The number of benzene rings is 6. The second-order valence-electron chi connectivity index (χ2n) is 9.80. The molecule has 0 radical (unpaired) electrons. The van der Waals surface area contributed by atoms with Gasteiger partial charge in [0.15, 0.2) is 0 Å². The third-order valence-electron chi connectivity index (χ3n) is 7.56. The zero-order chi connectivity index (χ0) is 25.5. The fourth-order valence-corrected chi connectivity index (χ4v) is 6.22. The van der Waals surface area contributed by atoms with Crippen molar-refractivity contribution < 1.29 is 0 Å². The quantitative estimate of drug-likeness (QED) is 0.223. The molecule has 0 atom stereocenters. The van der Waals surface area contributed by atoms with Gasteiger partial charge in [0.1, 0.15) is 0 Å². The average Bonchev–Trinajstić information content (AvgIpc) is 3.36. The maximum atomic E-state index is 6.62. The lowest BCUT2D eigenvalue weighted by molar-refractivity contribution is 1.26. The van der Waals surface area contributed by atoms with E-state index in [0.717, 1.165) is 17.0 Å². The lowest BCUT2D eigenvalue weighted by atomic mass is 9.77. The van der Waals surface area contributed by atoms with Crippen molar-refractivity contribution in [3.63, 3.8) is 0 Å². The van der Waals surface area contributed by atoms with E-state index in [0.29, 0.717) is 0 Å². The van der Waals surface area contributed by atoms with Crippen molar-refractivity contribution in [3.05, 3.63) is 156 Å². The number of halogens is 1. The largest absolute Gasteiger partial charge is 0.0843 e. The summed E-state index contributed by atoms with van der Waals surface area (Å²) >= 11 is 6.62. The third-order valence-corrected chi connectivity index (χ3v) is 7.79. The van der Waals surface area contributed by atoms with Crippen LogP contribution < -0.4 is 0 Å². The van der Waals surface area contributed by atoms with Gasteiger partial charge in [0, 0.05) is 5.02 Å². The van der Waals surface area contributed by atoms with Crippen molar-refractivity contribution in [1.29, 1.82) is 0 Å². The molecule has 0 bridgehead atoms. The molecular formula is C37H25Cl. The molecule has 0 aliphatic heterocycles. The van der Waals surface area contributed by atoms with Gasteiger partial charge < -0.3 is 0 Å². The highest BCUT2D eigenvalue weighted by Crippen LogP contribution is 2.56. The minimum absolute atomic E-state index is 0.749. The molecule has 0 saturated heterocycles. The maximum absolute atomic E-state index is 6.62. The van der Waals surface area contributed by atoms with Gasteiger partial charge in [-0.1, -0.05) is 139 Å². The minimum Gasteiger partial charge on any atom is -0.0843 e. The van der Waals surface area contributed by atoms with Crippen molar-refractivity contribution >= 4 is 11.6 Å². The van der Waals surface area contributed by atoms with Gasteiger partial charge in [0.25, 0.3) is 0 Å². The first-order valence-electron chi connectivity index (χ1n) is 13.0. The van der Waals surface area contributed by atoms with Crippen LogP contribution in [0.25, 0.3) is 55.6 Å². The molecule has 38 heavy (non-hydrogen) atoms. The third kappa shape index (κ3) is 3.77. The first kappa shape index (κ1) is 22.8. The van der Waals surface area contributed by atoms with Crippen LogP contribution in [-0.2, 0) is 6.42 Å². The monoisotopic (exact) mass is 504 g/mol. The van der Waals surface area contributed by atoms with E-state index < -0.39 is 0 Å². The molecule has 1 aliphatic rings. The molecule has 6 aromatic rings. The van der Waals surface area contributed by atoms with Crippen LogP contribution in [-0.4, -0.2) is 0 Å². The Hall–Kier alpha value is -4.39. The molecule has 0 nitrogen and oxygen atoms in total. The van der Waals surface area contributed by atoms with Crippen LogP contribution in [0.2, 0.25) is 5.02 Å². The maximum Gasteiger partial charge on any atom is 0.0412 e. The molecule has 0 unspecified atom stereocenters. The summed E-state index contributed by atoms with van der Waals surface area (Å²) in [7, 11) is 0. The number of hydrogen-bond donors (Lipinski definition) is 0. The highest BCUT2D eigenvalue weighted by Gasteiger charge is 2.32. The smallest absolute Gasteiger partial charge is 0.0412 e. The fourth-order valence-electron chi connectivity index (χ4n) is 6.03. The molecule has 0 heterocycles. The lowest BCUT2D eigenvalue weighted by Gasteiger charge is -2.26. The average molecular weight is 505 g/mol. The van der Waals surface area contributed by atoms with Crippen molar-refractivity contribution in [2.24, 2.45) is 0 Å². The van der Waals surface area contributed by atoms with Crippen LogP contribution in [0, 0.1) is 0 Å². The van der Waals surface area contributed by atoms with Crippen LogP contribution in [0.15, 0.2) is 140 Å². The fraction of sp³-hybridized carbons (Fsp3) is 0.0270. The van der Waals surface area contributed by atoms with E-state index >= 15 is 0 Å². The number of hydrogen-bond acceptors (Lipinski definition) is 0. The van der Waals surface area contributed by atoms with E-state index in [-0.39, 0.29) is 0 Å². The first-order valence-corrected chi connectivity index (χ1v) is 13.4. The molecule has 7 rings (SSSR count). The predicted octanol–water partition coefficient (Wildman–Crippen LogP) is 10.6. The molecule has 1 heteroatoms. The SMILES string of the molecule is Clc1cccc(-c2c3c(c(-c4ccccc4)c(-c4ccccc4)c2-c2ccccc2)-c2ccccc2C3)c1. The summed E-state index contributed by atoms with van der Waals surface area (Å²) in [6.07, 6.45) is 0.891. The summed E-state index contributed by atoms with van der Waals surface area (Å²) in [4.78, 5) is 0. The van der Waals surface area contributed by atoms with Gasteiger partial charge in [0.2, 0.25) is 0 Å². The van der Waals surface area contributed by atoms with Crippen LogP contribution in [0.3, 0.4) is 0 Å². The van der Waals surface area contributed by atoms with Gasteiger partial charge in [0.05, 0.1) is 0 Å². The predicted molar refractivity (Wildman–Crippen MR) is 161 cm³/mol. The molecule has 6 aromatic carbocycles. The van der Waals surface area contributed by atoms with Gasteiger partial charge in [-0.2, -0.15) is 0 Å². The standard InChI is InChI=1S/C37H25Cl/c38-30-21-12-20-29(23-30)33-32-24-28-19-10-11-22-31(28)37(32)36(27-17-8-3-9-18-27)35(26-15-6-2-7-16-26)34(33)25-13-4-1-5-14-25/h1-23H,24H2. The van der Waals surface area contributed by atoms with E-state index in [2.05, 4.69) is 133 Å². The zero-order valence-corrected chi connectivity index (χ0v) is 21.6. The van der Waals surface area contributed by atoms with Crippen molar-refractivity contribution in [1.82, 2.24) is 0 Å². The van der Waals surface area contributed by atoms with Crippen LogP contribution in [0.5, 0.6) is 0 Å². The highest BCUT2D eigenvalue weighted by molar-refractivity contribution is 6.31. The minimum atomic E-state index is 0.749. The summed E-state index contributed by atoms with van der Waals surface area (Å²) in [5.74, 6) is 0. The van der Waals surface area contributed by atoms with E-state index in [1.807, 2.05) is 6.07 Å². The normalized spacial score (nSPS) is 11.7. The summed E-state index contributed by atoms with van der Waals surface area (Å²) in [6, 6.07) is 49.8. The van der Waals surface area contributed by atoms with Gasteiger partial charge >= 0.3 is 0 Å². The Kier molecular flexibility index (Phi) is 5.69. The molecular weight excluding hydrogens is 480 g/mol. The second-order valence-corrected chi connectivity index (χ2v) is 10.2. The van der Waals surface area contributed by atoms with Crippen LogP contribution in [0.4, 0.5) is 0 Å². The van der Waals surface area contributed by atoms with E-state index in [1.165, 1.54) is 61.2 Å². The van der Waals surface area contributed by atoms with Crippen LogP contribution in [0.1, 0.15) is 11.1 Å². The highest BCUT2D eigenvalue weighted by atomic mass is 35.5. The first-order chi connectivity index (χ1) is 18.8. The van der Waals surface area contributed by atoms with Gasteiger partial charge in [-0.15, -0.1) is 0 Å². The van der Waals surface area contributed by atoms with Crippen molar-refractivity contribution in [2.45, 2.75) is 6.42 Å². The molecule has 0 aromatic heterocycles. The van der Waals surface area contributed by atoms with Crippen molar-refractivity contribution in [2.75, 3.05) is 0 Å². The summed E-state index contributed by atoms with van der Waals surface area (Å²) < 4.78 is 0. The Morgan fingerprint density at radius 3 is 1.45 bits per heavy atom. The van der Waals surface area contributed by atoms with E-state index in [9.17, 15) is 0 Å². The lowest BCUT2D eigenvalue weighted by Crippen LogP contribution is -2.00. The molecule has 0 spiro atoms. The molecule has 180 valence electrons. The molecule has 0 N–H and O–H groups in total. The van der Waals surface area contributed by atoms with Gasteiger partial charge in [-0.05, 0) is 85.3 Å². The topological polar surface area (TPSA) is 0 Å². The zero-order valence-electron chi connectivity index (χ0n) is 20.9.